The lowest BCUT2D eigenvalue weighted by Gasteiger charge is -2.31. The highest BCUT2D eigenvalue weighted by Crippen LogP contribution is 2.28. The van der Waals surface area contributed by atoms with E-state index in [4.69, 9.17) is 11.6 Å². The summed E-state index contributed by atoms with van der Waals surface area (Å²) in [5, 5.41) is 0.302. The Bertz CT molecular complexity index is 457. The molecule has 2 aliphatic rings. The average Bonchev–Trinajstić information content (AvgIpc) is 2.43. The lowest BCUT2D eigenvalue weighted by molar-refractivity contribution is 0.320. The molecule has 3 rings (SSSR count). The van der Waals surface area contributed by atoms with E-state index in [1.807, 2.05) is 7.05 Å². The molecular weight excluding hydrogens is 274 g/mol. The van der Waals surface area contributed by atoms with Crippen LogP contribution in [0.5, 0.6) is 0 Å². The maximum Gasteiger partial charge on any atom is 0.231 e. The molecule has 1 aliphatic heterocycles. The molecule has 1 aromatic heterocycles. The van der Waals surface area contributed by atoms with E-state index < -0.39 is 0 Å². The molecule has 0 unspecified atom stereocenters. The standard InChI is InChI=1S/C14H22ClN5/c1-19(10-11-6-5-7-11)13-16-12(15)17-14(18-13)20-8-3-2-4-9-20/h11H,2-10H2,1H3. The molecule has 1 aromatic rings. The number of nitrogens with zero attached hydrogens (tertiary/aromatic N) is 5. The largest absolute Gasteiger partial charge is 0.343 e. The van der Waals surface area contributed by atoms with Gasteiger partial charge in [0.25, 0.3) is 0 Å². The van der Waals surface area contributed by atoms with Crippen LogP contribution in [0.25, 0.3) is 0 Å². The summed E-state index contributed by atoms with van der Waals surface area (Å²) in [7, 11) is 2.05. The zero-order chi connectivity index (χ0) is 13.9. The van der Waals surface area contributed by atoms with Crippen molar-refractivity contribution in [2.24, 2.45) is 5.92 Å². The molecule has 0 N–H and O–H groups in total. The number of aromatic nitrogens is 3. The molecular formula is C14H22ClN5. The second-order valence-electron chi connectivity index (χ2n) is 5.93. The van der Waals surface area contributed by atoms with Crippen LogP contribution in [0, 0.1) is 5.92 Å². The van der Waals surface area contributed by atoms with Crippen LogP contribution in [-0.4, -0.2) is 41.6 Å². The molecule has 1 saturated heterocycles. The maximum absolute atomic E-state index is 6.08. The second-order valence-corrected chi connectivity index (χ2v) is 6.27. The minimum Gasteiger partial charge on any atom is -0.343 e. The topological polar surface area (TPSA) is 45.2 Å². The molecule has 5 nitrogen and oxygen atoms in total. The molecule has 6 heteroatoms. The number of hydrogen-bond donors (Lipinski definition) is 0. The summed E-state index contributed by atoms with van der Waals surface area (Å²) in [4.78, 5) is 17.5. The van der Waals surface area contributed by atoms with Gasteiger partial charge in [0.15, 0.2) is 0 Å². The first-order chi connectivity index (χ1) is 9.72. The molecule has 2 heterocycles. The Kier molecular flexibility index (Phi) is 4.24. The van der Waals surface area contributed by atoms with E-state index in [-0.39, 0.29) is 0 Å². The predicted molar refractivity (Wildman–Crippen MR) is 81.5 cm³/mol. The van der Waals surface area contributed by atoms with E-state index in [9.17, 15) is 0 Å². The highest BCUT2D eigenvalue weighted by Gasteiger charge is 2.22. The first kappa shape index (κ1) is 13.9. The second kappa shape index (κ2) is 6.12. The van der Waals surface area contributed by atoms with Gasteiger partial charge in [-0.3, -0.25) is 0 Å². The van der Waals surface area contributed by atoms with Gasteiger partial charge in [-0.2, -0.15) is 15.0 Å². The molecule has 0 bridgehead atoms. The zero-order valence-electron chi connectivity index (χ0n) is 12.1. The Hall–Kier alpha value is -1.10. The van der Waals surface area contributed by atoms with Crippen molar-refractivity contribution in [2.75, 3.05) is 36.5 Å². The van der Waals surface area contributed by atoms with Gasteiger partial charge in [-0.15, -0.1) is 0 Å². The highest BCUT2D eigenvalue weighted by atomic mass is 35.5. The monoisotopic (exact) mass is 295 g/mol. The molecule has 2 fully saturated rings. The molecule has 0 amide bonds. The molecule has 0 radical (unpaired) electrons. The SMILES string of the molecule is CN(CC1CCC1)c1nc(Cl)nc(N2CCCCC2)n1. The Balaban J connectivity index is 1.74. The fourth-order valence-electron chi connectivity index (χ4n) is 2.88. The average molecular weight is 296 g/mol. The van der Waals surface area contributed by atoms with Crippen molar-refractivity contribution < 1.29 is 0 Å². The van der Waals surface area contributed by atoms with Crippen LogP contribution in [0.3, 0.4) is 0 Å². The molecule has 1 aliphatic carbocycles. The van der Waals surface area contributed by atoms with Gasteiger partial charge in [0.05, 0.1) is 0 Å². The van der Waals surface area contributed by atoms with E-state index in [1.165, 1.54) is 38.5 Å². The van der Waals surface area contributed by atoms with E-state index in [0.29, 0.717) is 11.2 Å². The zero-order valence-corrected chi connectivity index (χ0v) is 12.8. The summed E-state index contributed by atoms with van der Waals surface area (Å²) in [5.74, 6) is 2.23. The third-order valence-electron chi connectivity index (χ3n) is 4.32. The summed E-state index contributed by atoms with van der Waals surface area (Å²) in [5.41, 5.74) is 0. The van der Waals surface area contributed by atoms with Crippen LogP contribution in [0.2, 0.25) is 5.28 Å². The van der Waals surface area contributed by atoms with Gasteiger partial charge in [0, 0.05) is 26.7 Å². The van der Waals surface area contributed by atoms with Crippen molar-refractivity contribution in [1.29, 1.82) is 0 Å². The van der Waals surface area contributed by atoms with E-state index in [0.717, 1.165) is 31.5 Å². The fourth-order valence-corrected chi connectivity index (χ4v) is 3.03. The number of rotatable bonds is 4. The smallest absolute Gasteiger partial charge is 0.231 e. The van der Waals surface area contributed by atoms with Gasteiger partial charge in [0.2, 0.25) is 17.2 Å². The molecule has 0 atom stereocenters. The first-order valence-corrected chi connectivity index (χ1v) is 7.98. The number of anilines is 2. The minimum absolute atomic E-state index is 0.302. The molecule has 0 aromatic carbocycles. The van der Waals surface area contributed by atoms with Crippen molar-refractivity contribution in [3.8, 4) is 0 Å². The maximum atomic E-state index is 6.08. The fraction of sp³-hybridized carbons (Fsp3) is 0.786. The third kappa shape index (κ3) is 3.14. The number of hydrogen-bond acceptors (Lipinski definition) is 5. The van der Waals surface area contributed by atoms with E-state index in [2.05, 4.69) is 24.8 Å². The van der Waals surface area contributed by atoms with Gasteiger partial charge in [-0.1, -0.05) is 6.42 Å². The molecule has 110 valence electrons. The normalized spacial score (nSPS) is 19.8. The predicted octanol–water partition coefficient (Wildman–Crippen LogP) is 2.75. The lowest BCUT2D eigenvalue weighted by Crippen LogP contribution is -2.33. The van der Waals surface area contributed by atoms with Crippen LogP contribution >= 0.6 is 11.6 Å². The Morgan fingerprint density at radius 2 is 1.85 bits per heavy atom. The van der Waals surface area contributed by atoms with E-state index >= 15 is 0 Å². The van der Waals surface area contributed by atoms with Gasteiger partial charge in [-0.05, 0) is 49.6 Å². The number of piperidine rings is 1. The van der Waals surface area contributed by atoms with Crippen LogP contribution in [-0.2, 0) is 0 Å². The first-order valence-electron chi connectivity index (χ1n) is 7.60. The lowest BCUT2D eigenvalue weighted by atomic mass is 9.85. The van der Waals surface area contributed by atoms with Crippen molar-refractivity contribution in [1.82, 2.24) is 15.0 Å². The van der Waals surface area contributed by atoms with Crippen molar-refractivity contribution in [2.45, 2.75) is 38.5 Å². The molecule has 20 heavy (non-hydrogen) atoms. The van der Waals surface area contributed by atoms with Crippen molar-refractivity contribution in [3.05, 3.63) is 5.28 Å². The van der Waals surface area contributed by atoms with Gasteiger partial charge in [-0.25, -0.2) is 0 Å². The third-order valence-corrected chi connectivity index (χ3v) is 4.49. The van der Waals surface area contributed by atoms with Gasteiger partial charge >= 0.3 is 0 Å². The van der Waals surface area contributed by atoms with E-state index in [1.54, 1.807) is 0 Å². The Morgan fingerprint density at radius 3 is 2.50 bits per heavy atom. The summed E-state index contributed by atoms with van der Waals surface area (Å²) >= 11 is 6.08. The summed E-state index contributed by atoms with van der Waals surface area (Å²) in [6.45, 7) is 3.05. The minimum atomic E-state index is 0.302. The van der Waals surface area contributed by atoms with Gasteiger partial charge < -0.3 is 9.80 Å². The van der Waals surface area contributed by atoms with Crippen molar-refractivity contribution >= 4 is 23.5 Å². The summed E-state index contributed by atoms with van der Waals surface area (Å²) in [6, 6.07) is 0. The Labute approximate surface area is 125 Å². The van der Waals surface area contributed by atoms with Crippen LogP contribution in [0.4, 0.5) is 11.9 Å². The number of halogens is 1. The summed E-state index contributed by atoms with van der Waals surface area (Å²) in [6.07, 6.45) is 7.70. The van der Waals surface area contributed by atoms with Crippen LogP contribution in [0.15, 0.2) is 0 Å². The van der Waals surface area contributed by atoms with Gasteiger partial charge in [0.1, 0.15) is 0 Å². The highest BCUT2D eigenvalue weighted by molar-refractivity contribution is 6.28. The molecule has 1 saturated carbocycles. The quantitative estimate of drug-likeness (QED) is 0.854. The summed E-state index contributed by atoms with van der Waals surface area (Å²) < 4.78 is 0. The van der Waals surface area contributed by atoms with Crippen LogP contribution < -0.4 is 9.80 Å². The van der Waals surface area contributed by atoms with Crippen LogP contribution in [0.1, 0.15) is 38.5 Å². The Morgan fingerprint density at radius 1 is 1.10 bits per heavy atom. The molecule has 0 spiro atoms. The van der Waals surface area contributed by atoms with Crippen molar-refractivity contribution in [3.63, 3.8) is 0 Å².